The third-order valence-corrected chi connectivity index (χ3v) is 4.72. The molecule has 2 aliphatic rings. The van der Waals surface area contributed by atoms with Gasteiger partial charge < -0.3 is 5.73 Å². The second-order valence-electron chi connectivity index (χ2n) is 5.39. The summed E-state index contributed by atoms with van der Waals surface area (Å²) in [6.45, 7) is 0. The third kappa shape index (κ3) is 5.03. The predicted octanol–water partition coefficient (Wildman–Crippen LogP) is 3.86. The van der Waals surface area contributed by atoms with Gasteiger partial charge in [-0.05, 0) is 16.2 Å². The molecular formula is C19H15IN4Zn. The zero-order valence-corrected chi connectivity index (χ0v) is 18.6. The first-order valence-corrected chi connectivity index (χ1v) is 10.6. The minimum atomic E-state index is 0.708. The minimum absolute atomic E-state index is 0.708. The van der Waals surface area contributed by atoms with E-state index in [1.807, 2.05) is 64.8 Å². The van der Waals surface area contributed by atoms with E-state index >= 15 is 0 Å². The summed E-state index contributed by atoms with van der Waals surface area (Å²) in [6, 6.07) is 4.01. The van der Waals surface area contributed by atoms with Crippen LogP contribution in [0.25, 0.3) is 12.2 Å². The maximum absolute atomic E-state index is 5.88. The summed E-state index contributed by atoms with van der Waals surface area (Å²) in [4.78, 5) is 12.4. The number of hydrogen-bond donors (Lipinski definition) is 2. The molecule has 4 nitrogen and oxygen atoms in total. The van der Waals surface area contributed by atoms with Crippen molar-refractivity contribution in [1.82, 2.24) is 4.98 Å². The van der Waals surface area contributed by atoms with Crippen LogP contribution in [0, 0.1) is 0 Å². The van der Waals surface area contributed by atoms with Crippen LogP contribution in [0.15, 0.2) is 79.7 Å². The summed E-state index contributed by atoms with van der Waals surface area (Å²) in [6.07, 6.45) is 15.8. The molecule has 0 saturated carbocycles. The molecule has 0 saturated heterocycles. The second-order valence-corrected chi connectivity index (χ2v) is 6.96. The Labute approximate surface area is 169 Å². The molecule has 0 bridgehead atoms. The van der Waals surface area contributed by atoms with Crippen LogP contribution in [0.5, 0.6) is 0 Å². The molecule has 0 amide bonds. The van der Waals surface area contributed by atoms with E-state index in [9.17, 15) is 0 Å². The summed E-state index contributed by atoms with van der Waals surface area (Å²) >= 11 is 3.25. The van der Waals surface area contributed by atoms with Gasteiger partial charge in [0.15, 0.2) is 0 Å². The van der Waals surface area contributed by atoms with Gasteiger partial charge in [-0.3, -0.25) is 0 Å². The Morgan fingerprint density at radius 1 is 1.00 bits per heavy atom. The fourth-order valence-electron chi connectivity index (χ4n) is 2.35. The van der Waals surface area contributed by atoms with Crippen molar-refractivity contribution in [3.63, 3.8) is 0 Å². The van der Waals surface area contributed by atoms with E-state index in [4.69, 9.17) is 5.73 Å². The van der Waals surface area contributed by atoms with Gasteiger partial charge in [-0.2, -0.15) is 0 Å². The van der Waals surface area contributed by atoms with Crippen LogP contribution in [0.3, 0.4) is 0 Å². The third-order valence-electron chi connectivity index (χ3n) is 3.48. The number of aromatic nitrogens is 1. The molecular weight excluding hydrogens is 477 g/mol. The second kappa shape index (κ2) is 8.45. The van der Waals surface area contributed by atoms with Crippen molar-refractivity contribution in [1.29, 1.82) is 0 Å². The number of aliphatic imine (C=N–C) groups is 2. The van der Waals surface area contributed by atoms with Crippen molar-refractivity contribution in [2.45, 2.75) is 0 Å². The molecule has 0 radical (unpaired) electrons. The van der Waals surface area contributed by atoms with Gasteiger partial charge in [0.1, 0.15) is 0 Å². The maximum atomic E-state index is 5.88. The van der Waals surface area contributed by atoms with Gasteiger partial charge in [0.25, 0.3) is 0 Å². The van der Waals surface area contributed by atoms with Crippen LogP contribution >= 0.6 is 22.6 Å². The molecule has 0 aliphatic carbocycles. The number of allylic oxidation sites excluding steroid dienone is 6. The Balaban J connectivity index is 1.74. The average Bonchev–Trinajstić information content (AvgIpc) is 3.31. The number of nitrogens with two attached hydrogens (primary N) is 1. The van der Waals surface area contributed by atoms with Crippen molar-refractivity contribution in [2.75, 3.05) is 0 Å². The first-order chi connectivity index (χ1) is 12.2. The van der Waals surface area contributed by atoms with E-state index < -0.39 is 0 Å². The van der Waals surface area contributed by atoms with Gasteiger partial charge >= 0.3 is 120 Å². The molecule has 0 spiro atoms. The van der Waals surface area contributed by atoms with E-state index in [2.05, 4.69) is 42.2 Å². The Hall–Kier alpha value is -1.92. The van der Waals surface area contributed by atoms with Crippen LogP contribution in [0.4, 0.5) is 0 Å². The molecule has 3 heterocycles. The summed E-state index contributed by atoms with van der Waals surface area (Å²) in [5, 5.41) is 0. The number of nitrogens with one attached hydrogen (secondary N) is 1. The number of hydrogen-bond acceptors (Lipinski definition) is 3. The van der Waals surface area contributed by atoms with E-state index in [1.165, 1.54) is 0 Å². The molecule has 1 aromatic heterocycles. The number of aromatic amines is 1. The van der Waals surface area contributed by atoms with E-state index in [-0.39, 0.29) is 0 Å². The zero-order valence-electron chi connectivity index (χ0n) is 13.5. The van der Waals surface area contributed by atoms with Crippen molar-refractivity contribution in [2.24, 2.45) is 15.7 Å². The SMILES string of the molecule is NC(C=CI)=Cc1ccc(C=C2C=CC(C=C3C=CC([CH]=[Zn])=N3)=N2)[nH]1. The van der Waals surface area contributed by atoms with Gasteiger partial charge in [-0.1, -0.05) is 22.6 Å². The van der Waals surface area contributed by atoms with Crippen molar-refractivity contribution in [3.05, 3.63) is 81.2 Å². The van der Waals surface area contributed by atoms with E-state index in [0.717, 1.165) is 52.1 Å². The van der Waals surface area contributed by atoms with Gasteiger partial charge in [-0.15, -0.1) is 0 Å². The predicted molar refractivity (Wildman–Crippen MR) is 111 cm³/mol. The molecule has 0 aromatic carbocycles. The first kappa shape index (κ1) is 17.9. The van der Waals surface area contributed by atoms with Crippen LogP contribution in [-0.4, -0.2) is 21.0 Å². The van der Waals surface area contributed by atoms with Crippen LogP contribution in [0.2, 0.25) is 0 Å². The van der Waals surface area contributed by atoms with Crippen molar-refractivity contribution >= 4 is 50.8 Å². The fraction of sp³-hybridized carbons (Fsp3) is 0. The number of rotatable bonds is 5. The molecule has 6 heteroatoms. The number of H-pyrrole nitrogens is 1. The summed E-state index contributed by atoms with van der Waals surface area (Å²) in [5.41, 5.74) is 12.3. The van der Waals surface area contributed by atoms with Crippen LogP contribution < -0.4 is 5.73 Å². The molecule has 0 atom stereocenters. The molecule has 0 fully saturated rings. The van der Waals surface area contributed by atoms with Gasteiger partial charge in [-0.25, -0.2) is 0 Å². The number of halogens is 1. The summed E-state index contributed by atoms with van der Waals surface area (Å²) < 4.78 is 3.99. The normalized spacial score (nSPS) is 20.2. The Kier molecular flexibility index (Phi) is 6.05. The molecule has 3 rings (SSSR count). The van der Waals surface area contributed by atoms with Crippen LogP contribution in [0.1, 0.15) is 11.4 Å². The molecule has 3 N–H and O–H groups in total. The topological polar surface area (TPSA) is 66.5 Å². The fourth-order valence-corrected chi connectivity index (χ4v) is 3.25. The quantitative estimate of drug-likeness (QED) is 0.367. The molecule has 2 aliphatic heterocycles. The Morgan fingerprint density at radius 2 is 1.68 bits per heavy atom. The van der Waals surface area contributed by atoms with Crippen molar-refractivity contribution in [3.8, 4) is 0 Å². The van der Waals surface area contributed by atoms with E-state index in [1.54, 1.807) is 0 Å². The monoisotopic (exact) mass is 490 g/mol. The standard InChI is InChI=1S/C19H15IN4.Zn/c1-13-2-3-16(22-13)11-17-6-7-19(24-17)12-18-5-4-15(23-18)10-14(21)8-9-20;/h1-12,23H,21H2;. The molecule has 0 unspecified atom stereocenters. The molecule has 120 valence electrons. The number of nitrogens with zero attached hydrogens (tertiary/aromatic N) is 2. The molecule has 1 aromatic rings. The average molecular weight is 492 g/mol. The van der Waals surface area contributed by atoms with E-state index in [0.29, 0.717) is 5.70 Å². The van der Waals surface area contributed by atoms with Gasteiger partial charge in [0.05, 0.1) is 0 Å². The summed E-state index contributed by atoms with van der Waals surface area (Å²) in [5.74, 6) is 0. The molecule has 25 heavy (non-hydrogen) atoms. The zero-order chi connectivity index (χ0) is 17.6. The van der Waals surface area contributed by atoms with Gasteiger partial charge in [0.2, 0.25) is 0 Å². The first-order valence-electron chi connectivity index (χ1n) is 7.68. The Morgan fingerprint density at radius 3 is 2.40 bits per heavy atom. The van der Waals surface area contributed by atoms with Crippen LogP contribution in [-0.2, 0) is 17.9 Å². The van der Waals surface area contributed by atoms with Gasteiger partial charge in [0, 0.05) is 5.70 Å². The Bertz CT molecular complexity index is 936. The summed E-state index contributed by atoms with van der Waals surface area (Å²) in [7, 11) is 0. The van der Waals surface area contributed by atoms with Crippen molar-refractivity contribution < 1.29 is 17.9 Å².